The molecule has 0 N–H and O–H groups in total. The van der Waals surface area contributed by atoms with Gasteiger partial charge >= 0.3 is 0 Å². The minimum absolute atomic E-state index is 0.146. The zero-order chi connectivity index (χ0) is 18.1. The molecule has 3 heterocycles. The number of hydrogen-bond donors (Lipinski definition) is 0. The molecule has 2 aliphatic heterocycles. The fourth-order valence-corrected chi connectivity index (χ4v) is 4.08. The van der Waals surface area contributed by atoms with E-state index in [1.54, 1.807) is 6.07 Å². The minimum Gasteiger partial charge on any atom is -0.342 e. The normalized spacial score (nSPS) is 21.1. The van der Waals surface area contributed by atoms with E-state index in [4.69, 9.17) is 11.6 Å². The van der Waals surface area contributed by atoms with Crippen LogP contribution in [0.1, 0.15) is 24.1 Å². The Morgan fingerprint density at radius 2 is 2.15 bits per heavy atom. The second-order valence-electron chi connectivity index (χ2n) is 7.23. The molecule has 1 atom stereocenters. The van der Waals surface area contributed by atoms with Gasteiger partial charge in [0.05, 0.1) is 10.7 Å². The summed E-state index contributed by atoms with van der Waals surface area (Å²) in [6.45, 7) is 4.65. The molecule has 2 aromatic rings. The number of rotatable bonds is 4. The Kier molecular flexibility index (Phi) is 4.96. The number of fused-ring (bicyclic) bond motifs is 1. The summed E-state index contributed by atoms with van der Waals surface area (Å²) >= 11 is 5.80. The van der Waals surface area contributed by atoms with Crippen LogP contribution in [0, 0.1) is 11.7 Å². The lowest BCUT2D eigenvalue weighted by Gasteiger charge is -2.27. The molecule has 1 amide bonds. The van der Waals surface area contributed by atoms with Gasteiger partial charge in [0, 0.05) is 57.8 Å². The summed E-state index contributed by atoms with van der Waals surface area (Å²) in [5.74, 6) is 0.167. The summed E-state index contributed by atoms with van der Waals surface area (Å²) in [6.07, 6.45) is 3.43. The van der Waals surface area contributed by atoms with Crippen molar-refractivity contribution < 1.29 is 9.18 Å². The van der Waals surface area contributed by atoms with E-state index in [9.17, 15) is 9.18 Å². The number of benzene rings is 1. The number of nitrogens with zero attached hydrogens (tertiary/aromatic N) is 4. The lowest BCUT2D eigenvalue weighted by molar-refractivity contribution is -0.128. The van der Waals surface area contributed by atoms with Crippen LogP contribution in [0.5, 0.6) is 0 Å². The van der Waals surface area contributed by atoms with Gasteiger partial charge in [-0.05, 0) is 30.2 Å². The number of halogens is 2. The Bertz CT molecular complexity index is 809. The van der Waals surface area contributed by atoms with E-state index in [1.165, 1.54) is 6.07 Å². The van der Waals surface area contributed by atoms with Gasteiger partial charge in [-0.15, -0.1) is 0 Å². The highest BCUT2D eigenvalue weighted by Gasteiger charge is 2.28. The third kappa shape index (κ3) is 3.76. The van der Waals surface area contributed by atoms with Gasteiger partial charge in [0.1, 0.15) is 5.82 Å². The number of amides is 1. The van der Waals surface area contributed by atoms with Gasteiger partial charge in [-0.3, -0.25) is 14.4 Å². The average molecular weight is 377 g/mol. The van der Waals surface area contributed by atoms with Gasteiger partial charge in [0.25, 0.3) is 0 Å². The topological polar surface area (TPSA) is 41.4 Å². The van der Waals surface area contributed by atoms with Crippen LogP contribution in [0.25, 0.3) is 0 Å². The Labute approximate surface area is 157 Å². The maximum atomic E-state index is 13.8. The molecule has 0 spiro atoms. The second-order valence-corrected chi connectivity index (χ2v) is 7.64. The average Bonchev–Trinajstić information content (AvgIpc) is 3.17. The van der Waals surface area contributed by atoms with E-state index >= 15 is 0 Å². The molecule has 4 rings (SSSR count). The van der Waals surface area contributed by atoms with Crippen molar-refractivity contribution >= 4 is 17.5 Å². The smallest absolute Gasteiger partial charge is 0.222 e. The maximum absolute atomic E-state index is 13.8. The molecule has 0 saturated carbocycles. The van der Waals surface area contributed by atoms with Crippen LogP contribution >= 0.6 is 11.6 Å². The van der Waals surface area contributed by atoms with Crippen LogP contribution in [0.3, 0.4) is 0 Å². The Morgan fingerprint density at radius 3 is 2.92 bits per heavy atom. The first kappa shape index (κ1) is 17.5. The number of carbonyl (C=O) groups is 1. The quantitative estimate of drug-likeness (QED) is 0.823. The standard InChI is InChI=1S/C19H22ClFN4O/c20-17-4-3-14(8-18(17)21)9-23-10-15(11-24-7-1-2-19(24)26)12-25-16(13-23)5-6-22-25/h3-6,8,15H,1-2,7,9-13H2. The van der Waals surface area contributed by atoms with E-state index in [-0.39, 0.29) is 16.7 Å². The summed E-state index contributed by atoms with van der Waals surface area (Å²) in [7, 11) is 0. The van der Waals surface area contributed by atoms with Gasteiger partial charge in [-0.1, -0.05) is 17.7 Å². The fraction of sp³-hybridized carbons (Fsp3) is 0.474. The highest BCUT2D eigenvalue weighted by Crippen LogP contribution is 2.22. The zero-order valence-electron chi connectivity index (χ0n) is 14.6. The van der Waals surface area contributed by atoms with E-state index < -0.39 is 0 Å². The highest BCUT2D eigenvalue weighted by atomic mass is 35.5. The Hall–Kier alpha value is -1.92. The minimum atomic E-state index is -0.386. The molecule has 0 bridgehead atoms. The van der Waals surface area contributed by atoms with Crippen LogP contribution in [0.2, 0.25) is 5.02 Å². The van der Waals surface area contributed by atoms with Crippen molar-refractivity contribution in [1.82, 2.24) is 19.6 Å². The number of carbonyl (C=O) groups excluding carboxylic acids is 1. The molecular formula is C19H22ClFN4O. The van der Waals surface area contributed by atoms with Crippen molar-refractivity contribution in [2.75, 3.05) is 19.6 Å². The number of hydrogen-bond acceptors (Lipinski definition) is 3. The first-order valence-electron chi connectivity index (χ1n) is 9.03. The van der Waals surface area contributed by atoms with Gasteiger partial charge in [-0.2, -0.15) is 5.10 Å². The molecular weight excluding hydrogens is 355 g/mol. The molecule has 5 nitrogen and oxygen atoms in total. The highest BCUT2D eigenvalue weighted by molar-refractivity contribution is 6.30. The van der Waals surface area contributed by atoms with Crippen LogP contribution in [0.15, 0.2) is 30.5 Å². The SMILES string of the molecule is O=C1CCCN1CC1CN(Cc2ccc(Cl)c(F)c2)Cc2ccnn2C1. The summed E-state index contributed by atoms with van der Waals surface area (Å²) < 4.78 is 15.8. The molecule has 1 aromatic carbocycles. The summed E-state index contributed by atoms with van der Waals surface area (Å²) in [4.78, 5) is 16.3. The van der Waals surface area contributed by atoms with Crippen molar-refractivity contribution in [3.8, 4) is 0 Å². The van der Waals surface area contributed by atoms with Crippen molar-refractivity contribution in [2.45, 2.75) is 32.5 Å². The molecule has 1 aromatic heterocycles. The lowest BCUT2D eigenvalue weighted by Crippen LogP contribution is -2.37. The second kappa shape index (κ2) is 7.37. The number of aromatic nitrogens is 2. The Balaban J connectivity index is 1.51. The molecule has 2 aliphatic rings. The lowest BCUT2D eigenvalue weighted by atomic mass is 10.1. The van der Waals surface area contributed by atoms with E-state index in [0.717, 1.165) is 50.4 Å². The van der Waals surface area contributed by atoms with Crippen molar-refractivity contribution in [3.05, 3.63) is 52.6 Å². The molecule has 138 valence electrons. The molecule has 1 saturated heterocycles. The molecule has 26 heavy (non-hydrogen) atoms. The first-order chi connectivity index (χ1) is 12.6. The van der Waals surface area contributed by atoms with Gasteiger partial charge in [-0.25, -0.2) is 4.39 Å². The van der Waals surface area contributed by atoms with Crippen molar-refractivity contribution in [1.29, 1.82) is 0 Å². The van der Waals surface area contributed by atoms with Gasteiger partial charge < -0.3 is 4.90 Å². The van der Waals surface area contributed by atoms with E-state index in [1.807, 2.05) is 27.9 Å². The van der Waals surface area contributed by atoms with Gasteiger partial charge in [0.15, 0.2) is 0 Å². The van der Waals surface area contributed by atoms with Crippen LogP contribution < -0.4 is 0 Å². The summed E-state index contributed by atoms with van der Waals surface area (Å²) in [6, 6.07) is 7.00. The van der Waals surface area contributed by atoms with Crippen LogP contribution in [-0.2, 0) is 24.4 Å². The third-order valence-electron chi connectivity index (χ3n) is 5.18. The van der Waals surface area contributed by atoms with Crippen molar-refractivity contribution in [2.24, 2.45) is 5.92 Å². The largest absolute Gasteiger partial charge is 0.342 e. The van der Waals surface area contributed by atoms with Crippen LogP contribution in [-0.4, -0.2) is 45.1 Å². The molecule has 1 unspecified atom stereocenters. The predicted octanol–water partition coefficient (Wildman–Crippen LogP) is 2.93. The van der Waals surface area contributed by atoms with Crippen molar-refractivity contribution in [3.63, 3.8) is 0 Å². The molecule has 1 fully saturated rings. The Morgan fingerprint density at radius 1 is 1.27 bits per heavy atom. The number of likely N-dealkylation sites (tertiary alicyclic amines) is 1. The first-order valence-corrected chi connectivity index (χ1v) is 9.41. The maximum Gasteiger partial charge on any atom is 0.222 e. The predicted molar refractivity (Wildman–Crippen MR) is 97.1 cm³/mol. The van der Waals surface area contributed by atoms with E-state index in [0.29, 0.717) is 18.9 Å². The van der Waals surface area contributed by atoms with Gasteiger partial charge in [0.2, 0.25) is 5.91 Å². The zero-order valence-corrected chi connectivity index (χ0v) is 15.3. The molecule has 7 heteroatoms. The van der Waals surface area contributed by atoms with E-state index in [2.05, 4.69) is 10.00 Å². The van der Waals surface area contributed by atoms with Crippen LogP contribution in [0.4, 0.5) is 4.39 Å². The summed E-state index contributed by atoms with van der Waals surface area (Å²) in [5, 5.41) is 4.58. The monoisotopic (exact) mass is 376 g/mol. The molecule has 0 radical (unpaired) electrons. The third-order valence-corrected chi connectivity index (χ3v) is 5.48. The fourth-order valence-electron chi connectivity index (χ4n) is 3.96. The summed E-state index contributed by atoms with van der Waals surface area (Å²) in [5.41, 5.74) is 2.05. The molecule has 0 aliphatic carbocycles.